The highest BCUT2D eigenvalue weighted by Crippen LogP contribution is 2.25. The van der Waals surface area contributed by atoms with Crippen LogP contribution in [0.25, 0.3) is 0 Å². The number of ketones is 1. The topological polar surface area (TPSA) is 26.3 Å². The molecule has 0 saturated heterocycles. The van der Waals surface area contributed by atoms with E-state index >= 15 is 0 Å². The van der Waals surface area contributed by atoms with Gasteiger partial charge < -0.3 is 4.74 Å². The number of hydrogen-bond donors (Lipinski definition) is 0. The van der Waals surface area contributed by atoms with E-state index in [1.165, 1.54) is 24.6 Å². The molecule has 2 aromatic rings. The zero-order valence-electron chi connectivity index (χ0n) is 11.7. The molecular formula is C17H17FO2. The molecule has 0 atom stereocenters. The number of halogens is 1. The first-order valence-electron chi connectivity index (χ1n) is 6.67. The molecular weight excluding hydrogens is 255 g/mol. The molecule has 0 spiro atoms. The van der Waals surface area contributed by atoms with Crippen molar-refractivity contribution in [3.8, 4) is 11.5 Å². The van der Waals surface area contributed by atoms with E-state index in [9.17, 15) is 9.18 Å². The van der Waals surface area contributed by atoms with E-state index in [1.54, 1.807) is 6.07 Å². The van der Waals surface area contributed by atoms with Crippen LogP contribution in [-0.2, 0) is 6.42 Å². The van der Waals surface area contributed by atoms with E-state index in [0.717, 1.165) is 12.8 Å². The van der Waals surface area contributed by atoms with Crippen LogP contribution in [-0.4, -0.2) is 5.78 Å². The second kappa shape index (κ2) is 6.33. The number of aryl methyl sites for hydroxylation is 1. The number of carbonyl (C=O) groups excluding carboxylic acids is 1. The molecule has 0 aliphatic carbocycles. The number of rotatable bonds is 5. The Kier molecular flexibility index (Phi) is 4.51. The Balaban J connectivity index is 2.15. The summed E-state index contributed by atoms with van der Waals surface area (Å²) in [5.41, 5.74) is 1.57. The van der Waals surface area contributed by atoms with Crippen LogP contribution in [0.5, 0.6) is 11.5 Å². The Hall–Kier alpha value is -2.16. The molecule has 0 fully saturated rings. The molecule has 0 radical (unpaired) electrons. The average molecular weight is 272 g/mol. The molecule has 0 aliphatic rings. The summed E-state index contributed by atoms with van der Waals surface area (Å²) in [4.78, 5) is 11.2. The lowest BCUT2D eigenvalue weighted by atomic mass is 10.1. The van der Waals surface area contributed by atoms with E-state index in [4.69, 9.17) is 4.74 Å². The number of benzene rings is 2. The van der Waals surface area contributed by atoms with Crippen LogP contribution >= 0.6 is 0 Å². The van der Waals surface area contributed by atoms with Gasteiger partial charge in [-0.3, -0.25) is 4.79 Å². The van der Waals surface area contributed by atoms with Crippen LogP contribution in [0.1, 0.15) is 36.2 Å². The largest absolute Gasteiger partial charge is 0.454 e. The number of hydrogen-bond acceptors (Lipinski definition) is 2. The highest BCUT2D eigenvalue weighted by molar-refractivity contribution is 5.94. The Labute approximate surface area is 118 Å². The average Bonchev–Trinajstić information content (AvgIpc) is 2.43. The molecule has 20 heavy (non-hydrogen) atoms. The van der Waals surface area contributed by atoms with Crippen molar-refractivity contribution in [3.05, 3.63) is 59.4 Å². The minimum absolute atomic E-state index is 0.123. The van der Waals surface area contributed by atoms with E-state index < -0.39 is 5.82 Å². The maximum absolute atomic E-state index is 13.8. The van der Waals surface area contributed by atoms with Crippen molar-refractivity contribution in [3.63, 3.8) is 0 Å². The van der Waals surface area contributed by atoms with E-state index in [0.29, 0.717) is 11.3 Å². The molecule has 0 aromatic heterocycles. The van der Waals surface area contributed by atoms with Gasteiger partial charge in [-0.2, -0.15) is 0 Å². The van der Waals surface area contributed by atoms with Crippen molar-refractivity contribution >= 4 is 5.78 Å². The summed E-state index contributed by atoms with van der Waals surface area (Å²) in [6.45, 7) is 3.53. The summed E-state index contributed by atoms with van der Waals surface area (Å²) in [6.07, 6.45) is 2.10. The Bertz CT molecular complexity index is 603. The van der Waals surface area contributed by atoms with E-state index in [2.05, 4.69) is 6.92 Å². The first-order valence-corrected chi connectivity index (χ1v) is 6.67. The van der Waals surface area contributed by atoms with Crippen molar-refractivity contribution in [1.29, 1.82) is 0 Å². The van der Waals surface area contributed by atoms with Gasteiger partial charge in [-0.15, -0.1) is 0 Å². The molecule has 104 valence electrons. The van der Waals surface area contributed by atoms with Gasteiger partial charge in [0.25, 0.3) is 0 Å². The third kappa shape index (κ3) is 3.44. The molecule has 0 saturated carbocycles. The first-order chi connectivity index (χ1) is 9.60. The van der Waals surface area contributed by atoms with Gasteiger partial charge in [0.15, 0.2) is 17.3 Å². The van der Waals surface area contributed by atoms with Gasteiger partial charge >= 0.3 is 0 Å². The van der Waals surface area contributed by atoms with Crippen LogP contribution in [0.4, 0.5) is 4.39 Å². The monoisotopic (exact) mass is 272 g/mol. The SMILES string of the molecule is CCCc1ccc(Oc2ccc(C(C)=O)cc2F)cc1. The Morgan fingerprint density at radius 1 is 1.15 bits per heavy atom. The summed E-state index contributed by atoms with van der Waals surface area (Å²) in [5.74, 6) is 0.00673. The summed E-state index contributed by atoms with van der Waals surface area (Å²) in [5, 5.41) is 0. The molecule has 2 nitrogen and oxygen atoms in total. The van der Waals surface area contributed by atoms with Crippen LogP contribution < -0.4 is 4.74 Å². The molecule has 0 bridgehead atoms. The number of carbonyl (C=O) groups is 1. The molecule has 3 heteroatoms. The minimum atomic E-state index is -0.532. The quantitative estimate of drug-likeness (QED) is 0.733. The molecule has 0 aliphatic heterocycles. The summed E-state index contributed by atoms with van der Waals surface area (Å²) in [6, 6.07) is 11.8. The van der Waals surface area contributed by atoms with Crippen molar-refractivity contribution in [2.75, 3.05) is 0 Å². The lowest BCUT2D eigenvalue weighted by Gasteiger charge is -2.08. The lowest BCUT2D eigenvalue weighted by Crippen LogP contribution is -1.95. The third-order valence-corrected chi connectivity index (χ3v) is 3.03. The fraction of sp³-hybridized carbons (Fsp3) is 0.235. The second-order valence-corrected chi connectivity index (χ2v) is 4.70. The van der Waals surface area contributed by atoms with Crippen LogP contribution in [0.3, 0.4) is 0 Å². The van der Waals surface area contributed by atoms with Gasteiger partial charge in [-0.05, 0) is 49.2 Å². The Morgan fingerprint density at radius 2 is 1.85 bits per heavy atom. The summed E-state index contributed by atoms with van der Waals surface area (Å²) >= 11 is 0. The lowest BCUT2D eigenvalue weighted by molar-refractivity contribution is 0.101. The fourth-order valence-corrected chi connectivity index (χ4v) is 1.94. The van der Waals surface area contributed by atoms with Gasteiger partial charge in [0, 0.05) is 5.56 Å². The number of ether oxygens (including phenoxy) is 1. The molecule has 0 amide bonds. The second-order valence-electron chi connectivity index (χ2n) is 4.70. The van der Waals surface area contributed by atoms with Gasteiger partial charge in [-0.25, -0.2) is 4.39 Å². The number of Topliss-reactive ketones (excluding diaryl/α,β-unsaturated/α-hetero) is 1. The predicted octanol–water partition coefficient (Wildman–Crippen LogP) is 4.77. The maximum atomic E-state index is 13.8. The summed E-state index contributed by atoms with van der Waals surface area (Å²) < 4.78 is 19.3. The van der Waals surface area contributed by atoms with Crippen molar-refractivity contribution in [2.24, 2.45) is 0 Å². The zero-order valence-corrected chi connectivity index (χ0v) is 11.7. The first kappa shape index (κ1) is 14.3. The van der Waals surface area contributed by atoms with Crippen LogP contribution in [0, 0.1) is 5.82 Å². The van der Waals surface area contributed by atoms with Crippen molar-refractivity contribution in [2.45, 2.75) is 26.7 Å². The van der Waals surface area contributed by atoms with Gasteiger partial charge in [0.2, 0.25) is 0 Å². The Morgan fingerprint density at radius 3 is 2.40 bits per heavy atom. The fourth-order valence-electron chi connectivity index (χ4n) is 1.94. The maximum Gasteiger partial charge on any atom is 0.166 e. The van der Waals surface area contributed by atoms with Crippen molar-refractivity contribution in [1.82, 2.24) is 0 Å². The molecule has 2 aromatic carbocycles. The molecule has 0 N–H and O–H groups in total. The smallest absolute Gasteiger partial charge is 0.166 e. The normalized spacial score (nSPS) is 10.3. The molecule has 2 rings (SSSR count). The van der Waals surface area contributed by atoms with Gasteiger partial charge in [-0.1, -0.05) is 25.5 Å². The van der Waals surface area contributed by atoms with E-state index in [1.807, 2.05) is 24.3 Å². The molecule has 0 unspecified atom stereocenters. The standard InChI is InChI=1S/C17H17FO2/c1-3-4-13-5-8-15(9-6-13)20-17-10-7-14(12(2)19)11-16(17)18/h5-11H,3-4H2,1-2H3. The highest BCUT2D eigenvalue weighted by Gasteiger charge is 2.08. The minimum Gasteiger partial charge on any atom is -0.454 e. The van der Waals surface area contributed by atoms with Gasteiger partial charge in [0.05, 0.1) is 0 Å². The zero-order chi connectivity index (χ0) is 14.5. The van der Waals surface area contributed by atoms with E-state index in [-0.39, 0.29) is 11.5 Å². The molecule has 0 heterocycles. The van der Waals surface area contributed by atoms with Crippen LogP contribution in [0.2, 0.25) is 0 Å². The van der Waals surface area contributed by atoms with Gasteiger partial charge in [0.1, 0.15) is 5.75 Å². The van der Waals surface area contributed by atoms with Crippen molar-refractivity contribution < 1.29 is 13.9 Å². The summed E-state index contributed by atoms with van der Waals surface area (Å²) in [7, 11) is 0. The predicted molar refractivity (Wildman–Crippen MR) is 76.9 cm³/mol. The highest BCUT2D eigenvalue weighted by atomic mass is 19.1. The third-order valence-electron chi connectivity index (χ3n) is 3.03. The van der Waals surface area contributed by atoms with Crippen LogP contribution in [0.15, 0.2) is 42.5 Å².